The van der Waals surface area contributed by atoms with Gasteiger partial charge < -0.3 is 15.3 Å². The summed E-state index contributed by atoms with van der Waals surface area (Å²) >= 11 is 0. The van der Waals surface area contributed by atoms with Crippen LogP contribution in [0.5, 0.6) is 0 Å². The average Bonchev–Trinajstić information content (AvgIpc) is 1.95. The summed E-state index contributed by atoms with van der Waals surface area (Å²) in [5.41, 5.74) is 0. The Labute approximate surface area is 76.7 Å². The van der Waals surface area contributed by atoms with Crippen LogP contribution in [0, 0.1) is 5.92 Å². The number of aliphatic carboxylic acids is 1. The van der Waals surface area contributed by atoms with Crippen molar-refractivity contribution in [1.29, 1.82) is 0 Å². The van der Waals surface area contributed by atoms with E-state index in [0.717, 1.165) is 0 Å². The second-order valence-electron chi connectivity index (χ2n) is 3.29. The van der Waals surface area contributed by atoms with E-state index in [1.165, 1.54) is 0 Å². The van der Waals surface area contributed by atoms with Gasteiger partial charge in [-0.3, -0.25) is 9.59 Å². The molecule has 13 heavy (non-hydrogen) atoms. The fourth-order valence-electron chi connectivity index (χ4n) is 1.41. The number of carboxylic acids is 1. The van der Waals surface area contributed by atoms with Crippen LogP contribution in [0.4, 0.5) is 0 Å². The van der Waals surface area contributed by atoms with E-state index in [1.54, 1.807) is 11.9 Å². The largest absolute Gasteiger partial charge is 0.481 e. The zero-order valence-electron chi connectivity index (χ0n) is 7.62. The van der Waals surface area contributed by atoms with Crippen LogP contribution >= 0.6 is 0 Å². The molecule has 0 aromatic heterocycles. The molecular weight excluding hydrogens is 172 g/mol. The zero-order valence-corrected chi connectivity index (χ0v) is 7.62. The molecule has 1 fully saturated rings. The van der Waals surface area contributed by atoms with Gasteiger partial charge in [0.2, 0.25) is 5.91 Å². The summed E-state index contributed by atoms with van der Waals surface area (Å²) in [5.74, 6) is -0.590. The number of likely N-dealkylation sites (N-methyl/N-ethyl adjacent to an activating group) is 1. The maximum absolute atomic E-state index is 11.2. The Morgan fingerprint density at radius 3 is 2.62 bits per heavy atom. The Balaban J connectivity index is 2.17. The highest BCUT2D eigenvalue weighted by molar-refractivity contribution is 5.79. The Morgan fingerprint density at radius 1 is 1.54 bits per heavy atom. The fourth-order valence-corrected chi connectivity index (χ4v) is 1.41. The first-order valence-corrected chi connectivity index (χ1v) is 4.27. The summed E-state index contributed by atoms with van der Waals surface area (Å²) in [7, 11) is 1.71. The van der Waals surface area contributed by atoms with Crippen molar-refractivity contribution in [2.24, 2.45) is 5.92 Å². The molecule has 5 nitrogen and oxygen atoms in total. The minimum atomic E-state index is -0.786. The lowest BCUT2D eigenvalue weighted by molar-refractivity contribution is -0.144. The lowest BCUT2D eigenvalue weighted by Crippen LogP contribution is -2.52. The van der Waals surface area contributed by atoms with Gasteiger partial charge >= 0.3 is 5.97 Å². The van der Waals surface area contributed by atoms with E-state index in [4.69, 9.17) is 5.11 Å². The molecule has 0 bridgehead atoms. The van der Waals surface area contributed by atoms with Gasteiger partial charge in [-0.25, -0.2) is 0 Å². The summed E-state index contributed by atoms with van der Waals surface area (Å²) in [6.45, 7) is 1.51. The van der Waals surface area contributed by atoms with E-state index in [9.17, 15) is 9.59 Å². The smallest absolute Gasteiger partial charge is 0.303 e. The Morgan fingerprint density at radius 2 is 2.15 bits per heavy atom. The van der Waals surface area contributed by atoms with Gasteiger partial charge in [0, 0.05) is 19.0 Å². The number of carbonyl (C=O) groups excluding carboxylic acids is 1. The van der Waals surface area contributed by atoms with Crippen molar-refractivity contribution in [3.05, 3.63) is 0 Å². The second-order valence-corrected chi connectivity index (χ2v) is 3.29. The number of nitrogens with zero attached hydrogens (tertiary/aromatic N) is 1. The number of hydrogen-bond donors (Lipinski definition) is 2. The van der Waals surface area contributed by atoms with Crippen molar-refractivity contribution in [3.8, 4) is 0 Å². The Bertz CT molecular complexity index is 211. The van der Waals surface area contributed by atoms with Gasteiger partial charge in [-0.15, -0.1) is 0 Å². The molecule has 2 N–H and O–H groups in total. The molecule has 0 atom stereocenters. The van der Waals surface area contributed by atoms with E-state index in [2.05, 4.69) is 5.32 Å². The fraction of sp³-hybridized carbons (Fsp3) is 0.750. The number of carbonyl (C=O) groups is 2. The standard InChI is InChI=1S/C8H14N2O3/c1-9-3-7(11)10-4-6(5-10)2-8(12)13/h6,9H,2-5H2,1H3,(H,12,13). The summed E-state index contributed by atoms with van der Waals surface area (Å²) in [4.78, 5) is 23.1. The van der Waals surface area contributed by atoms with E-state index in [-0.39, 0.29) is 18.2 Å². The van der Waals surface area contributed by atoms with Crippen molar-refractivity contribution in [2.45, 2.75) is 6.42 Å². The van der Waals surface area contributed by atoms with Crippen LogP contribution in [0.1, 0.15) is 6.42 Å². The van der Waals surface area contributed by atoms with Gasteiger partial charge in [-0.05, 0) is 7.05 Å². The SMILES string of the molecule is CNCC(=O)N1CC(CC(=O)O)C1. The van der Waals surface area contributed by atoms with Gasteiger partial charge in [0.1, 0.15) is 0 Å². The first kappa shape index (κ1) is 9.98. The first-order chi connectivity index (χ1) is 6.13. The molecule has 0 aliphatic carbocycles. The molecule has 1 saturated heterocycles. The number of likely N-dealkylation sites (tertiary alicyclic amines) is 1. The minimum absolute atomic E-state index is 0.0455. The number of nitrogens with one attached hydrogen (secondary N) is 1. The Hall–Kier alpha value is -1.10. The summed E-state index contributed by atoms with van der Waals surface area (Å²) in [6, 6.07) is 0. The highest BCUT2D eigenvalue weighted by Gasteiger charge is 2.31. The molecule has 1 heterocycles. The van der Waals surface area contributed by atoms with Crippen LogP contribution in [0.3, 0.4) is 0 Å². The van der Waals surface area contributed by atoms with Crippen LogP contribution in [-0.2, 0) is 9.59 Å². The van der Waals surface area contributed by atoms with E-state index < -0.39 is 5.97 Å². The number of rotatable bonds is 4. The predicted molar refractivity (Wildman–Crippen MR) is 46.2 cm³/mol. The predicted octanol–water partition coefficient (Wildman–Crippen LogP) is -0.861. The third-order valence-corrected chi connectivity index (χ3v) is 2.10. The molecule has 0 aromatic carbocycles. The quantitative estimate of drug-likeness (QED) is 0.599. The lowest BCUT2D eigenvalue weighted by atomic mass is 9.96. The van der Waals surface area contributed by atoms with Gasteiger partial charge in [0.05, 0.1) is 13.0 Å². The normalized spacial score (nSPS) is 16.8. The molecule has 1 rings (SSSR count). The third-order valence-electron chi connectivity index (χ3n) is 2.10. The van der Waals surface area contributed by atoms with Crippen molar-refractivity contribution < 1.29 is 14.7 Å². The summed E-state index contributed by atoms with van der Waals surface area (Å²) in [6.07, 6.45) is 0.170. The molecule has 0 saturated carbocycles. The van der Waals surface area contributed by atoms with E-state index in [1.807, 2.05) is 0 Å². The number of hydrogen-bond acceptors (Lipinski definition) is 3. The third kappa shape index (κ3) is 2.69. The molecule has 0 aromatic rings. The number of amides is 1. The number of carboxylic acid groups (broad SMARTS) is 1. The maximum atomic E-state index is 11.2. The highest BCUT2D eigenvalue weighted by Crippen LogP contribution is 2.18. The Kier molecular flexibility index (Phi) is 3.25. The van der Waals surface area contributed by atoms with Gasteiger partial charge in [0.25, 0.3) is 0 Å². The van der Waals surface area contributed by atoms with E-state index >= 15 is 0 Å². The second kappa shape index (κ2) is 4.23. The maximum Gasteiger partial charge on any atom is 0.303 e. The van der Waals surface area contributed by atoms with Crippen molar-refractivity contribution in [1.82, 2.24) is 10.2 Å². The topological polar surface area (TPSA) is 69.6 Å². The van der Waals surface area contributed by atoms with Crippen molar-refractivity contribution in [3.63, 3.8) is 0 Å². The van der Waals surface area contributed by atoms with Crippen LogP contribution in [0.2, 0.25) is 0 Å². The molecule has 5 heteroatoms. The highest BCUT2D eigenvalue weighted by atomic mass is 16.4. The molecular formula is C8H14N2O3. The van der Waals surface area contributed by atoms with Gasteiger partial charge in [-0.2, -0.15) is 0 Å². The summed E-state index contributed by atoms with van der Waals surface area (Å²) < 4.78 is 0. The molecule has 1 aliphatic heterocycles. The average molecular weight is 186 g/mol. The van der Waals surface area contributed by atoms with Crippen LogP contribution in [0.25, 0.3) is 0 Å². The van der Waals surface area contributed by atoms with Crippen molar-refractivity contribution in [2.75, 3.05) is 26.7 Å². The molecule has 0 spiro atoms. The van der Waals surface area contributed by atoms with E-state index in [0.29, 0.717) is 19.6 Å². The first-order valence-electron chi connectivity index (χ1n) is 4.27. The summed E-state index contributed by atoms with van der Waals surface area (Å²) in [5, 5.41) is 11.2. The molecule has 1 aliphatic rings. The van der Waals surface area contributed by atoms with Gasteiger partial charge in [-0.1, -0.05) is 0 Å². The zero-order chi connectivity index (χ0) is 9.84. The minimum Gasteiger partial charge on any atom is -0.481 e. The van der Waals surface area contributed by atoms with Crippen LogP contribution in [-0.4, -0.2) is 48.6 Å². The molecule has 0 unspecified atom stereocenters. The molecule has 1 amide bonds. The lowest BCUT2D eigenvalue weighted by Gasteiger charge is -2.38. The molecule has 0 radical (unpaired) electrons. The van der Waals surface area contributed by atoms with Gasteiger partial charge in [0.15, 0.2) is 0 Å². The van der Waals surface area contributed by atoms with Crippen LogP contribution < -0.4 is 5.32 Å². The molecule has 74 valence electrons. The van der Waals surface area contributed by atoms with Crippen molar-refractivity contribution >= 4 is 11.9 Å². The van der Waals surface area contributed by atoms with Crippen LogP contribution in [0.15, 0.2) is 0 Å². The monoisotopic (exact) mass is 186 g/mol.